The molecule has 0 spiro atoms. The molecule has 0 aromatic heterocycles. The number of anilines is 1. The van der Waals surface area contributed by atoms with Crippen LogP contribution in [0.2, 0.25) is 10.0 Å². The topological polar surface area (TPSA) is 65.0 Å². The van der Waals surface area contributed by atoms with Crippen molar-refractivity contribution in [3.63, 3.8) is 0 Å². The fraction of sp³-hybridized carbons (Fsp3) is 0.318. The van der Waals surface area contributed by atoms with Crippen molar-refractivity contribution in [3.8, 4) is 0 Å². The fourth-order valence-corrected chi connectivity index (χ4v) is 4.73. The van der Waals surface area contributed by atoms with Gasteiger partial charge in [-0.1, -0.05) is 57.7 Å². The normalized spacial score (nSPS) is 21.6. The molecule has 162 valence electrons. The molecule has 2 aliphatic rings. The Bertz CT molecular complexity index is 1010. The molecule has 2 atom stereocenters. The summed E-state index contributed by atoms with van der Waals surface area (Å²) < 4.78 is 0.914. The standard InChI is InChI=1S/C22H21BrCl2N4O2/c23-15-6-4-14(5-7-15)21-17(13-30)20(22(31)27-28-10-2-1-3-11-28)26-29(21)19-9-8-16(24)12-18(19)25/h4-9,12-13,17,21H,1-3,10-11H2,(H,27,31). The number of nitrogens with one attached hydrogen (secondary N) is 1. The van der Waals surface area contributed by atoms with Gasteiger partial charge in [0.2, 0.25) is 0 Å². The van der Waals surface area contributed by atoms with E-state index >= 15 is 0 Å². The van der Waals surface area contributed by atoms with E-state index in [2.05, 4.69) is 26.5 Å². The Labute approximate surface area is 199 Å². The summed E-state index contributed by atoms with van der Waals surface area (Å²) in [5, 5.41) is 9.01. The number of carbonyl (C=O) groups excluding carboxylic acids is 2. The molecule has 1 N–H and O–H groups in total. The van der Waals surface area contributed by atoms with E-state index in [-0.39, 0.29) is 11.6 Å². The van der Waals surface area contributed by atoms with Gasteiger partial charge in [-0.25, -0.2) is 5.01 Å². The third-order valence-electron chi connectivity index (χ3n) is 5.50. The van der Waals surface area contributed by atoms with Crippen molar-refractivity contribution in [2.24, 2.45) is 11.0 Å². The van der Waals surface area contributed by atoms with Crippen LogP contribution in [0.15, 0.2) is 52.0 Å². The van der Waals surface area contributed by atoms with Crippen LogP contribution in [0.3, 0.4) is 0 Å². The zero-order valence-electron chi connectivity index (χ0n) is 16.6. The van der Waals surface area contributed by atoms with Crippen molar-refractivity contribution < 1.29 is 9.59 Å². The van der Waals surface area contributed by atoms with Crippen LogP contribution < -0.4 is 10.4 Å². The number of amides is 1. The summed E-state index contributed by atoms with van der Waals surface area (Å²) in [6, 6.07) is 12.2. The highest BCUT2D eigenvalue weighted by molar-refractivity contribution is 9.10. The third-order valence-corrected chi connectivity index (χ3v) is 6.56. The number of hydrazine groups is 1. The van der Waals surface area contributed by atoms with Gasteiger partial charge in [0.1, 0.15) is 12.0 Å². The van der Waals surface area contributed by atoms with Gasteiger partial charge < -0.3 is 4.79 Å². The lowest BCUT2D eigenvalue weighted by Gasteiger charge is -2.28. The number of hydrogen-bond donors (Lipinski definition) is 1. The van der Waals surface area contributed by atoms with E-state index in [1.54, 1.807) is 23.2 Å². The monoisotopic (exact) mass is 522 g/mol. The fourth-order valence-electron chi connectivity index (χ4n) is 3.97. The number of hydrogen-bond acceptors (Lipinski definition) is 5. The van der Waals surface area contributed by atoms with Gasteiger partial charge in [0.15, 0.2) is 0 Å². The second kappa shape index (κ2) is 9.69. The van der Waals surface area contributed by atoms with E-state index in [9.17, 15) is 9.59 Å². The summed E-state index contributed by atoms with van der Waals surface area (Å²) in [7, 11) is 0. The third kappa shape index (κ3) is 4.80. The maximum Gasteiger partial charge on any atom is 0.282 e. The molecule has 2 aliphatic heterocycles. The lowest BCUT2D eigenvalue weighted by Crippen LogP contribution is -2.48. The Kier molecular flexibility index (Phi) is 6.96. The highest BCUT2D eigenvalue weighted by atomic mass is 79.9. The van der Waals surface area contributed by atoms with Gasteiger partial charge in [-0.15, -0.1) is 0 Å². The Morgan fingerprint density at radius 2 is 1.81 bits per heavy atom. The van der Waals surface area contributed by atoms with E-state index in [0.29, 0.717) is 15.7 Å². The van der Waals surface area contributed by atoms with E-state index in [1.807, 2.05) is 29.3 Å². The van der Waals surface area contributed by atoms with Crippen LogP contribution in [0, 0.1) is 5.92 Å². The number of carbonyl (C=O) groups is 2. The lowest BCUT2D eigenvalue weighted by atomic mass is 9.90. The van der Waals surface area contributed by atoms with Gasteiger partial charge in [0.05, 0.1) is 22.7 Å². The zero-order chi connectivity index (χ0) is 22.0. The summed E-state index contributed by atoms with van der Waals surface area (Å²) >= 11 is 16.0. The molecular formula is C22H21BrCl2N4O2. The average Bonchev–Trinajstić information content (AvgIpc) is 3.14. The number of benzene rings is 2. The van der Waals surface area contributed by atoms with Gasteiger partial charge >= 0.3 is 0 Å². The van der Waals surface area contributed by atoms with Crippen LogP contribution in [-0.2, 0) is 9.59 Å². The van der Waals surface area contributed by atoms with Crippen LogP contribution in [-0.4, -0.2) is 36.0 Å². The Balaban J connectivity index is 1.72. The first-order valence-corrected chi connectivity index (χ1v) is 11.6. The summed E-state index contributed by atoms with van der Waals surface area (Å²) in [4.78, 5) is 25.3. The predicted octanol–water partition coefficient (Wildman–Crippen LogP) is 5.01. The molecule has 0 aliphatic carbocycles. The predicted molar refractivity (Wildman–Crippen MR) is 126 cm³/mol. The maximum atomic E-state index is 13.1. The first-order chi connectivity index (χ1) is 15.0. The van der Waals surface area contributed by atoms with Crippen molar-refractivity contribution in [1.29, 1.82) is 0 Å². The van der Waals surface area contributed by atoms with Crippen LogP contribution in [0.25, 0.3) is 0 Å². The number of hydrazone groups is 1. The molecule has 0 saturated carbocycles. The maximum absolute atomic E-state index is 13.1. The summed E-state index contributed by atoms with van der Waals surface area (Å²) in [6.45, 7) is 1.57. The quantitative estimate of drug-likeness (QED) is 0.560. The molecule has 2 aromatic rings. The highest BCUT2D eigenvalue weighted by Gasteiger charge is 2.43. The molecule has 2 aromatic carbocycles. The molecule has 1 saturated heterocycles. The van der Waals surface area contributed by atoms with Crippen molar-refractivity contribution in [2.45, 2.75) is 25.3 Å². The van der Waals surface area contributed by atoms with Crippen LogP contribution in [0.5, 0.6) is 0 Å². The van der Waals surface area contributed by atoms with Gasteiger partial charge in [0, 0.05) is 22.6 Å². The van der Waals surface area contributed by atoms with E-state index in [1.165, 1.54) is 0 Å². The lowest BCUT2D eigenvalue weighted by molar-refractivity contribution is -0.120. The Hall–Kier alpha value is -1.93. The molecular weight excluding hydrogens is 503 g/mol. The van der Waals surface area contributed by atoms with Crippen LogP contribution >= 0.6 is 39.1 Å². The second-order valence-electron chi connectivity index (χ2n) is 7.57. The molecule has 9 heteroatoms. The number of rotatable bonds is 5. The minimum Gasteiger partial charge on any atom is -0.303 e. The van der Waals surface area contributed by atoms with Crippen molar-refractivity contribution in [1.82, 2.24) is 10.4 Å². The van der Waals surface area contributed by atoms with Gasteiger partial charge in [-0.05, 0) is 48.7 Å². The molecule has 1 fully saturated rings. The molecule has 0 radical (unpaired) electrons. The molecule has 0 bridgehead atoms. The SMILES string of the molecule is O=CC1C(C(=O)NN2CCCCC2)=NN(c2ccc(Cl)cc2Cl)C1c1ccc(Br)cc1. The first-order valence-electron chi connectivity index (χ1n) is 10.1. The van der Waals surface area contributed by atoms with Crippen LogP contribution in [0.1, 0.15) is 30.9 Å². The molecule has 6 nitrogen and oxygen atoms in total. The molecule has 2 unspecified atom stereocenters. The van der Waals surface area contributed by atoms with Crippen molar-refractivity contribution in [3.05, 3.63) is 62.5 Å². The number of halogens is 3. The Morgan fingerprint density at radius 3 is 2.45 bits per heavy atom. The minimum absolute atomic E-state index is 0.166. The number of aldehydes is 1. The van der Waals surface area contributed by atoms with Crippen molar-refractivity contribution >= 4 is 62.7 Å². The van der Waals surface area contributed by atoms with E-state index < -0.39 is 12.0 Å². The summed E-state index contributed by atoms with van der Waals surface area (Å²) in [5.41, 5.74) is 4.50. The highest BCUT2D eigenvalue weighted by Crippen LogP contribution is 2.42. The molecule has 2 heterocycles. The second-order valence-corrected chi connectivity index (χ2v) is 9.33. The number of nitrogens with zero attached hydrogens (tertiary/aromatic N) is 3. The minimum atomic E-state index is -0.752. The Morgan fingerprint density at radius 1 is 1.10 bits per heavy atom. The number of piperidine rings is 1. The van der Waals surface area contributed by atoms with Crippen LogP contribution in [0.4, 0.5) is 5.69 Å². The van der Waals surface area contributed by atoms with Gasteiger partial charge in [-0.3, -0.25) is 15.2 Å². The molecule has 1 amide bonds. The first kappa shape index (κ1) is 22.3. The largest absolute Gasteiger partial charge is 0.303 e. The van der Waals surface area contributed by atoms with E-state index in [4.69, 9.17) is 23.2 Å². The van der Waals surface area contributed by atoms with Crippen molar-refractivity contribution in [2.75, 3.05) is 18.1 Å². The smallest absolute Gasteiger partial charge is 0.282 e. The van der Waals surface area contributed by atoms with E-state index in [0.717, 1.165) is 48.7 Å². The molecule has 31 heavy (non-hydrogen) atoms. The summed E-state index contributed by atoms with van der Waals surface area (Å²) in [5.74, 6) is -1.12. The molecule has 4 rings (SSSR count). The van der Waals surface area contributed by atoms with Gasteiger partial charge in [-0.2, -0.15) is 5.10 Å². The zero-order valence-corrected chi connectivity index (χ0v) is 19.7. The van der Waals surface area contributed by atoms with Gasteiger partial charge in [0.25, 0.3) is 5.91 Å². The average molecular weight is 524 g/mol. The summed E-state index contributed by atoms with van der Waals surface area (Å²) in [6.07, 6.45) is 3.99.